The molecule has 0 radical (unpaired) electrons. The number of ether oxygens (including phenoxy) is 2. The van der Waals surface area contributed by atoms with Crippen molar-refractivity contribution in [1.82, 2.24) is 4.90 Å². The number of hydrogen-bond acceptors (Lipinski definition) is 4. The van der Waals surface area contributed by atoms with Crippen molar-refractivity contribution < 1.29 is 19.1 Å². The summed E-state index contributed by atoms with van der Waals surface area (Å²) in [7, 11) is 1.59. The van der Waals surface area contributed by atoms with E-state index in [0.29, 0.717) is 36.7 Å². The molecule has 7 heteroatoms. The van der Waals surface area contributed by atoms with E-state index in [-0.39, 0.29) is 17.9 Å². The Morgan fingerprint density at radius 2 is 1.74 bits per heavy atom. The van der Waals surface area contributed by atoms with Gasteiger partial charge in [-0.15, -0.1) is 0 Å². The van der Waals surface area contributed by atoms with Crippen molar-refractivity contribution in [2.45, 2.75) is 25.7 Å². The van der Waals surface area contributed by atoms with Crippen LogP contribution in [0, 0.1) is 0 Å². The molecule has 0 saturated carbocycles. The second-order valence-corrected chi connectivity index (χ2v) is 8.48. The third-order valence-electron chi connectivity index (χ3n) is 6.07. The van der Waals surface area contributed by atoms with Gasteiger partial charge in [0.25, 0.3) is 5.91 Å². The van der Waals surface area contributed by atoms with Gasteiger partial charge in [0, 0.05) is 42.0 Å². The summed E-state index contributed by atoms with van der Waals surface area (Å²) in [5.41, 5.74) is 3.05. The lowest BCUT2D eigenvalue weighted by molar-refractivity contribution is 0.102. The normalized spacial score (nSPS) is 15.3. The van der Waals surface area contributed by atoms with Crippen molar-refractivity contribution in [3.05, 3.63) is 83.9 Å². The van der Waals surface area contributed by atoms with Crippen LogP contribution in [-0.4, -0.2) is 43.6 Å². The fourth-order valence-corrected chi connectivity index (χ4v) is 4.28. The summed E-state index contributed by atoms with van der Waals surface area (Å²) in [5, 5.41) is 5.90. The maximum atomic E-state index is 12.9. The number of piperidine rings is 1. The van der Waals surface area contributed by atoms with Gasteiger partial charge in [-0.3, -0.25) is 4.79 Å². The molecule has 0 spiro atoms. The van der Waals surface area contributed by atoms with Crippen molar-refractivity contribution in [1.29, 1.82) is 0 Å². The third-order valence-corrected chi connectivity index (χ3v) is 6.07. The molecule has 1 saturated heterocycles. The highest BCUT2D eigenvalue weighted by atomic mass is 16.5. The van der Waals surface area contributed by atoms with Gasteiger partial charge in [-0.05, 0) is 73.9 Å². The van der Waals surface area contributed by atoms with Gasteiger partial charge in [0.05, 0.1) is 13.7 Å². The van der Waals surface area contributed by atoms with Crippen LogP contribution in [0.1, 0.15) is 41.6 Å². The van der Waals surface area contributed by atoms with Crippen LogP contribution in [0.2, 0.25) is 0 Å². The number of carbonyl (C=O) groups excluding carboxylic acids is 2. The van der Waals surface area contributed by atoms with Gasteiger partial charge < -0.3 is 25.0 Å². The Kier molecular flexibility index (Phi) is 7.88. The van der Waals surface area contributed by atoms with Gasteiger partial charge in [-0.25, -0.2) is 4.79 Å². The third kappa shape index (κ3) is 6.32. The zero-order valence-corrected chi connectivity index (χ0v) is 20.1. The Hall–Kier alpha value is -4.00. The molecular weight excluding hydrogens is 442 g/mol. The number of benzene rings is 3. The molecule has 0 bridgehead atoms. The lowest BCUT2D eigenvalue weighted by Crippen LogP contribution is -2.41. The van der Waals surface area contributed by atoms with Gasteiger partial charge in [0.15, 0.2) is 0 Å². The molecule has 1 atom stereocenters. The largest absolute Gasteiger partial charge is 0.497 e. The Labute approximate surface area is 206 Å². The molecule has 35 heavy (non-hydrogen) atoms. The molecule has 3 amide bonds. The van der Waals surface area contributed by atoms with Crippen molar-refractivity contribution >= 4 is 23.3 Å². The van der Waals surface area contributed by atoms with Gasteiger partial charge in [0.1, 0.15) is 11.5 Å². The highest BCUT2D eigenvalue weighted by Crippen LogP contribution is 2.28. The highest BCUT2D eigenvalue weighted by molar-refractivity contribution is 6.04. The number of hydrogen-bond donors (Lipinski definition) is 2. The summed E-state index contributed by atoms with van der Waals surface area (Å²) >= 11 is 0. The quantitative estimate of drug-likeness (QED) is 0.457. The van der Waals surface area contributed by atoms with E-state index in [2.05, 4.69) is 10.6 Å². The first-order chi connectivity index (χ1) is 17.1. The molecule has 0 unspecified atom stereocenters. The minimum Gasteiger partial charge on any atom is -0.497 e. The summed E-state index contributed by atoms with van der Waals surface area (Å²) in [6.07, 6.45) is 1.87. The average Bonchev–Trinajstić information content (AvgIpc) is 2.90. The summed E-state index contributed by atoms with van der Waals surface area (Å²) in [4.78, 5) is 27.6. The maximum Gasteiger partial charge on any atom is 0.321 e. The molecule has 0 aliphatic carbocycles. The lowest BCUT2D eigenvalue weighted by atomic mass is 9.89. The molecule has 2 N–H and O–H groups in total. The van der Waals surface area contributed by atoms with Crippen LogP contribution in [0.4, 0.5) is 16.2 Å². The van der Waals surface area contributed by atoms with E-state index in [4.69, 9.17) is 9.47 Å². The SMILES string of the molecule is CCOc1ccc(NC(=O)N2CCC[C@@H](c3cccc(C(=O)Nc4cccc(OC)c4)c3)C2)cc1. The average molecular weight is 474 g/mol. The Morgan fingerprint density at radius 1 is 0.943 bits per heavy atom. The molecule has 1 heterocycles. The number of carbonyl (C=O) groups is 2. The molecule has 3 aromatic carbocycles. The molecule has 1 fully saturated rings. The van der Waals surface area contributed by atoms with E-state index in [9.17, 15) is 9.59 Å². The zero-order chi connectivity index (χ0) is 24.6. The van der Waals surface area contributed by atoms with Crippen molar-refractivity contribution in [3.63, 3.8) is 0 Å². The van der Waals surface area contributed by atoms with E-state index in [0.717, 1.165) is 29.8 Å². The van der Waals surface area contributed by atoms with E-state index in [1.54, 1.807) is 19.2 Å². The number of anilines is 2. The Morgan fingerprint density at radius 3 is 2.51 bits per heavy atom. The summed E-state index contributed by atoms with van der Waals surface area (Å²) in [6.45, 7) is 3.84. The highest BCUT2D eigenvalue weighted by Gasteiger charge is 2.25. The van der Waals surface area contributed by atoms with Crippen LogP contribution in [0.25, 0.3) is 0 Å². The number of nitrogens with zero attached hydrogens (tertiary/aromatic N) is 1. The molecule has 3 aromatic rings. The second-order valence-electron chi connectivity index (χ2n) is 8.48. The minimum atomic E-state index is -0.180. The Bertz CT molecular complexity index is 1160. The molecule has 7 nitrogen and oxygen atoms in total. The van der Waals surface area contributed by atoms with Crippen LogP contribution in [0.15, 0.2) is 72.8 Å². The van der Waals surface area contributed by atoms with Crippen LogP contribution < -0.4 is 20.1 Å². The van der Waals surface area contributed by atoms with Gasteiger partial charge in [0.2, 0.25) is 0 Å². The Balaban J connectivity index is 1.39. The molecule has 1 aliphatic rings. The van der Waals surface area contributed by atoms with Gasteiger partial charge >= 0.3 is 6.03 Å². The molecule has 182 valence electrons. The number of urea groups is 1. The topological polar surface area (TPSA) is 79.9 Å². The van der Waals surface area contributed by atoms with Crippen molar-refractivity contribution in [3.8, 4) is 11.5 Å². The molecular formula is C28H31N3O4. The van der Waals surface area contributed by atoms with Crippen molar-refractivity contribution in [2.75, 3.05) is 37.4 Å². The fraction of sp³-hybridized carbons (Fsp3) is 0.286. The number of methoxy groups -OCH3 is 1. The minimum absolute atomic E-state index is 0.120. The molecule has 4 rings (SSSR count). The smallest absolute Gasteiger partial charge is 0.321 e. The number of amides is 3. The summed E-state index contributed by atoms with van der Waals surface area (Å²) in [5.74, 6) is 1.45. The fourth-order valence-electron chi connectivity index (χ4n) is 4.28. The first-order valence-corrected chi connectivity index (χ1v) is 11.9. The van der Waals surface area contributed by atoms with E-state index in [1.807, 2.05) is 72.5 Å². The standard InChI is InChI=1S/C28H31N3O4/c1-3-35-25-14-12-23(13-15-25)30-28(33)31-16-6-9-22(19-31)20-7-4-8-21(17-20)27(32)29-24-10-5-11-26(18-24)34-2/h4-5,7-8,10-15,17-18,22H,3,6,9,16,19H2,1-2H3,(H,29,32)(H,30,33)/t22-/m1/s1. The van der Waals surface area contributed by atoms with Crippen LogP contribution in [0.5, 0.6) is 11.5 Å². The first-order valence-electron chi connectivity index (χ1n) is 11.9. The van der Waals surface area contributed by atoms with Crippen LogP contribution >= 0.6 is 0 Å². The maximum absolute atomic E-state index is 12.9. The summed E-state index contributed by atoms with van der Waals surface area (Å²) in [6, 6.07) is 22.2. The second kappa shape index (κ2) is 11.4. The van der Waals surface area contributed by atoms with Gasteiger partial charge in [-0.2, -0.15) is 0 Å². The van der Waals surface area contributed by atoms with Crippen LogP contribution in [-0.2, 0) is 0 Å². The lowest BCUT2D eigenvalue weighted by Gasteiger charge is -2.33. The first kappa shape index (κ1) is 24.1. The van der Waals surface area contributed by atoms with Crippen LogP contribution in [0.3, 0.4) is 0 Å². The predicted octanol–water partition coefficient (Wildman–Crippen LogP) is 5.76. The monoisotopic (exact) mass is 473 g/mol. The zero-order valence-electron chi connectivity index (χ0n) is 20.1. The number of nitrogens with one attached hydrogen (secondary N) is 2. The summed E-state index contributed by atoms with van der Waals surface area (Å²) < 4.78 is 10.7. The van der Waals surface area contributed by atoms with Crippen molar-refractivity contribution in [2.24, 2.45) is 0 Å². The van der Waals surface area contributed by atoms with E-state index in [1.165, 1.54) is 0 Å². The predicted molar refractivity (Wildman–Crippen MR) is 138 cm³/mol. The van der Waals surface area contributed by atoms with E-state index >= 15 is 0 Å². The number of likely N-dealkylation sites (tertiary alicyclic amines) is 1. The molecule has 1 aliphatic heterocycles. The molecule has 0 aromatic heterocycles. The van der Waals surface area contributed by atoms with E-state index < -0.39 is 0 Å². The number of rotatable bonds is 7. The van der Waals surface area contributed by atoms with Gasteiger partial charge in [-0.1, -0.05) is 18.2 Å².